The molecule has 2 saturated heterocycles. The number of carbonyl (C=O) groups is 1. The number of unbranched alkanes of at least 4 members (excludes halogenated alkanes) is 1. The van der Waals surface area contributed by atoms with Crippen LogP contribution in [0.5, 0.6) is 0 Å². The summed E-state index contributed by atoms with van der Waals surface area (Å²) in [4.78, 5) is 11.4. The van der Waals surface area contributed by atoms with Crippen LogP contribution in [0.25, 0.3) is 0 Å². The van der Waals surface area contributed by atoms with Crippen LogP contribution in [0.4, 0.5) is 4.39 Å². The fourth-order valence-electron chi connectivity index (χ4n) is 5.82. The fourth-order valence-corrected chi connectivity index (χ4v) is 6.83. The van der Waals surface area contributed by atoms with E-state index in [9.17, 15) is 4.79 Å². The van der Waals surface area contributed by atoms with Crippen molar-refractivity contribution in [2.45, 2.75) is 126 Å². The molecule has 0 aromatic carbocycles. The molecule has 1 aliphatic carbocycles. The van der Waals surface area contributed by atoms with E-state index in [0.29, 0.717) is 12.8 Å². The second-order valence-corrected chi connectivity index (χ2v) is 12.8. The maximum atomic E-state index is 15.7. The van der Waals surface area contributed by atoms with Gasteiger partial charge < -0.3 is 18.9 Å². The smallest absolute Gasteiger partial charge is 0.305 e. The van der Waals surface area contributed by atoms with Crippen LogP contribution in [0.15, 0.2) is 12.2 Å². The Hall–Kier alpha value is -0.250. The summed E-state index contributed by atoms with van der Waals surface area (Å²) in [5, 5.41) is 0. The topological polar surface area (TPSA) is 54.0 Å². The van der Waals surface area contributed by atoms with E-state index in [1.54, 1.807) is 0 Å². The zero-order valence-electron chi connectivity index (χ0n) is 22.1. The Morgan fingerprint density at radius 1 is 1.23 bits per heavy atom. The molecule has 0 N–H and O–H groups in total. The molecule has 1 saturated carbocycles. The van der Waals surface area contributed by atoms with E-state index in [0.717, 1.165) is 64.4 Å². The third-order valence-corrected chi connectivity index (χ3v) is 9.41. The Balaban J connectivity index is 1.62. The van der Waals surface area contributed by atoms with Gasteiger partial charge in [-0.2, -0.15) is 0 Å². The van der Waals surface area contributed by atoms with E-state index in [-0.39, 0.29) is 45.6 Å². The Morgan fingerprint density at radius 3 is 2.71 bits per heavy atom. The molecule has 3 rings (SSSR count). The van der Waals surface area contributed by atoms with Crippen molar-refractivity contribution in [3.05, 3.63) is 12.2 Å². The van der Waals surface area contributed by atoms with E-state index in [1.165, 1.54) is 7.11 Å². The number of carbonyl (C=O) groups excluding carboxylic acids is 1. The molecule has 2 aliphatic heterocycles. The predicted molar refractivity (Wildman–Crippen MR) is 144 cm³/mol. The van der Waals surface area contributed by atoms with Gasteiger partial charge in [0.15, 0.2) is 6.29 Å². The number of methoxy groups -OCH3 is 1. The zero-order valence-corrected chi connectivity index (χ0v) is 24.2. The molecule has 0 amide bonds. The normalized spacial score (nSPS) is 33.1. The lowest BCUT2D eigenvalue weighted by atomic mass is 9.80. The molecule has 0 bridgehead atoms. The highest BCUT2D eigenvalue weighted by Crippen LogP contribution is 2.48. The summed E-state index contributed by atoms with van der Waals surface area (Å²) in [7, 11) is 1.40. The van der Waals surface area contributed by atoms with Crippen LogP contribution in [-0.2, 0) is 23.7 Å². The summed E-state index contributed by atoms with van der Waals surface area (Å²) >= 11 is 2.30. The summed E-state index contributed by atoms with van der Waals surface area (Å²) < 4.78 is 39.1. The van der Waals surface area contributed by atoms with Gasteiger partial charge in [0, 0.05) is 22.9 Å². The highest BCUT2D eigenvalue weighted by Gasteiger charge is 2.52. The van der Waals surface area contributed by atoms with Gasteiger partial charge in [-0.1, -0.05) is 68.4 Å². The monoisotopic (exact) mass is 608 g/mol. The van der Waals surface area contributed by atoms with Gasteiger partial charge in [0.05, 0.1) is 19.3 Å². The minimum absolute atomic E-state index is 0.0118. The molecule has 202 valence electrons. The van der Waals surface area contributed by atoms with Crippen LogP contribution in [0.1, 0.15) is 91.4 Å². The fraction of sp³-hybridized carbons (Fsp3) is 0.893. The molecule has 7 heteroatoms. The lowest BCUT2D eigenvalue weighted by molar-refractivity contribution is -0.197. The van der Waals surface area contributed by atoms with Crippen molar-refractivity contribution < 1.29 is 28.1 Å². The first-order chi connectivity index (χ1) is 16.8. The molecule has 8 atom stereocenters. The van der Waals surface area contributed by atoms with Crippen molar-refractivity contribution in [3.63, 3.8) is 0 Å². The number of alkyl halides is 2. The zero-order chi connectivity index (χ0) is 25.4. The Morgan fingerprint density at radius 2 is 2.03 bits per heavy atom. The van der Waals surface area contributed by atoms with Gasteiger partial charge in [-0.25, -0.2) is 4.39 Å². The molecule has 2 heterocycles. The number of esters is 1. The van der Waals surface area contributed by atoms with Crippen LogP contribution in [0.2, 0.25) is 0 Å². The Kier molecular flexibility index (Phi) is 11.8. The SMILES string of the molecule is CCCCC(C)(C)[C@@H](/C=C/[C@H]1CC[C@H]2O[C@@H](C(I)CCCC(=O)OC)C(F)[C@H]12)OC1CCCCO1. The number of rotatable bonds is 13. The first-order valence-corrected chi connectivity index (χ1v) is 15.0. The van der Waals surface area contributed by atoms with Crippen LogP contribution < -0.4 is 0 Å². The molecule has 35 heavy (non-hydrogen) atoms. The van der Waals surface area contributed by atoms with Crippen LogP contribution in [0, 0.1) is 17.3 Å². The van der Waals surface area contributed by atoms with E-state index in [2.05, 4.69) is 55.5 Å². The van der Waals surface area contributed by atoms with Crippen LogP contribution in [0.3, 0.4) is 0 Å². The second kappa shape index (κ2) is 14.1. The molecule has 3 unspecified atom stereocenters. The minimum atomic E-state index is -0.980. The number of ether oxygens (including phenoxy) is 4. The largest absolute Gasteiger partial charge is 0.469 e. The first kappa shape index (κ1) is 29.3. The molecule has 5 nitrogen and oxygen atoms in total. The predicted octanol–water partition coefficient (Wildman–Crippen LogP) is 6.95. The summed E-state index contributed by atoms with van der Waals surface area (Å²) in [6.45, 7) is 7.54. The summed E-state index contributed by atoms with van der Waals surface area (Å²) in [6.07, 6.45) is 13.1. The van der Waals surface area contributed by atoms with E-state index in [4.69, 9.17) is 18.9 Å². The number of hydrogen-bond acceptors (Lipinski definition) is 5. The van der Waals surface area contributed by atoms with Gasteiger partial charge >= 0.3 is 5.97 Å². The van der Waals surface area contributed by atoms with E-state index in [1.807, 2.05) is 0 Å². The minimum Gasteiger partial charge on any atom is -0.469 e. The maximum Gasteiger partial charge on any atom is 0.305 e. The molecular weight excluding hydrogens is 562 g/mol. The van der Waals surface area contributed by atoms with Gasteiger partial charge in [0.2, 0.25) is 0 Å². The Labute approximate surface area is 225 Å². The third kappa shape index (κ3) is 8.11. The van der Waals surface area contributed by atoms with Gasteiger partial charge in [-0.05, 0) is 62.7 Å². The number of halogens is 2. The lowest BCUT2D eigenvalue weighted by Crippen LogP contribution is -2.36. The van der Waals surface area contributed by atoms with Crippen molar-refractivity contribution in [1.82, 2.24) is 0 Å². The van der Waals surface area contributed by atoms with Gasteiger partial charge in [0.25, 0.3) is 0 Å². The van der Waals surface area contributed by atoms with Crippen molar-refractivity contribution >= 4 is 28.6 Å². The molecule has 0 aromatic heterocycles. The van der Waals surface area contributed by atoms with Gasteiger partial charge in [-0.3, -0.25) is 4.79 Å². The van der Waals surface area contributed by atoms with Crippen molar-refractivity contribution in [1.29, 1.82) is 0 Å². The molecule has 0 spiro atoms. The molecule has 0 aromatic rings. The van der Waals surface area contributed by atoms with Crippen molar-refractivity contribution in [2.24, 2.45) is 17.3 Å². The maximum absolute atomic E-state index is 15.7. The average molecular weight is 609 g/mol. The summed E-state index contributed by atoms with van der Waals surface area (Å²) in [6, 6.07) is 0. The van der Waals surface area contributed by atoms with E-state index >= 15 is 4.39 Å². The number of hydrogen-bond donors (Lipinski definition) is 0. The highest BCUT2D eigenvalue weighted by molar-refractivity contribution is 14.1. The molecule has 3 fully saturated rings. The highest BCUT2D eigenvalue weighted by atomic mass is 127. The van der Waals surface area contributed by atoms with Crippen molar-refractivity contribution in [2.75, 3.05) is 13.7 Å². The lowest BCUT2D eigenvalue weighted by Gasteiger charge is -2.36. The number of fused-ring (bicyclic) bond motifs is 1. The van der Waals surface area contributed by atoms with Gasteiger partial charge in [0.1, 0.15) is 12.3 Å². The average Bonchev–Trinajstić information content (AvgIpc) is 3.40. The van der Waals surface area contributed by atoms with Crippen LogP contribution in [-0.4, -0.2) is 54.4 Å². The van der Waals surface area contributed by atoms with Crippen LogP contribution >= 0.6 is 22.6 Å². The molecule has 3 aliphatic rings. The standard InChI is InChI=1S/C28H46FIO5/c1-5-6-17-28(2,3)22(35-24-12-7-8-18-33-24)16-14-19-13-15-21-25(19)26(29)27(34-21)20(30)10-9-11-23(31)32-4/h14,16,19-22,24-27H,5-13,15,17-18H2,1-4H3/b16-14+/t19-,20?,21-,22-,24?,25-,26?,27+/m1/s1. The quantitative estimate of drug-likeness (QED) is 0.0981. The number of allylic oxidation sites excluding steroid dienone is 1. The van der Waals surface area contributed by atoms with Crippen molar-refractivity contribution in [3.8, 4) is 0 Å². The Bertz CT molecular complexity index is 680. The van der Waals surface area contributed by atoms with E-state index < -0.39 is 12.3 Å². The first-order valence-electron chi connectivity index (χ1n) is 13.7. The molecule has 0 radical (unpaired) electrons. The second-order valence-electron chi connectivity index (χ2n) is 11.2. The third-order valence-electron chi connectivity index (χ3n) is 8.08. The molecular formula is C28H46FIO5. The summed E-state index contributed by atoms with van der Waals surface area (Å²) in [5.41, 5.74) is -0.0118. The summed E-state index contributed by atoms with van der Waals surface area (Å²) in [5.74, 6) is -0.143. The van der Waals surface area contributed by atoms with Gasteiger partial charge in [-0.15, -0.1) is 0 Å².